The monoisotopic (exact) mass is 356 g/mol. The molecule has 0 atom stereocenters. The van der Waals surface area contributed by atoms with E-state index in [4.69, 9.17) is 4.42 Å². The predicted octanol–water partition coefficient (Wildman–Crippen LogP) is 3.42. The van der Waals surface area contributed by atoms with Gasteiger partial charge in [0.15, 0.2) is 0 Å². The van der Waals surface area contributed by atoms with Crippen molar-refractivity contribution < 1.29 is 14.0 Å². The summed E-state index contributed by atoms with van der Waals surface area (Å²) in [4.78, 5) is 28.0. The highest BCUT2D eigenvalue weighted by molar-refractivity contribution is 5.83. The Bertz CT molecular complexity index is 709. The number of nitrogens with zero attached hydrogens (tertiary/aromatic N) is 2. The molecule has 0 radical (unpaired) electrons. The minimum absolute atomic E-state index is 0.0568. The standard InChI is InChI=1S/C21H28N2O3/c1-4-13-22(18(3)24)16-21(25)23(15-20-11-10-17(2)26-20)14-12-19-8-6-5-7-9-19/h5-11H,4,12-16H2,1-3H3. The van der Waals surface area contributed by atoms with Gasteiger partial charge in [0.05, 0.1) is 13.1 Å². The van der Waals surface area contributed by atoms with Crippen LogP contribution in [0.15, 0.2) is 46.9 Å². The Labute approximate surface area is 155 Å². The first kappa shape index (κ1) is 19.8. The highest BCUT2D eigenvalue weighted by Gasteiger charge is 2.20. The zero-order valence-electron chi connectivity index (χ0n) is 15.9. The van der Waals surface area contributed by atoms with Crippen LogP contribution in [0, 0.1) is 6.92 Å². The van der Waals surface area contributed by atoms with E-state index in [0.717, 1.165) is 24.4 Å². The van der Waals surface area contributed by atoms with Crippen LogP contribution in [0.1, 0.15) is 37.4 Å². The van der Waals surface area contributed by atoms with E-state index in [9.17, 15) is 9.59 Å². The molecule has 2 aromatic rings. The van der Waals surface area contributed by atoms with Gasteiger partial charge >= 0.3 is 0 Å². The van der Waals surface area contributed by atoms with E-state index in [0.29, 0.717) is 19.6 Å². The SMILES string of the molecule is CCCN(CC(=O)N(CCc1ccccc1)Cc1ccc(C)o1)C(C)=O. The van der Waals surface area contributed by atoms with E-state index < -0.39 is 0 Å². The van der Waals surface area contributed by atoms with Crippen LogP contribution in [-0.2, 0) is 22.6 Å². The van der Waals surface area contributed by atoms with Crippen molar-refractivity contribution in [1.82, 2.24) is 9.80 Å². The van der Waals surface area contributed by atoms with E-state index in [2.05, 4.69) is 12.1 Å². The summed E-state index contributed by atoms with van der Waals surface area (Å²) < 4.78 is 5.64. The third-order valence-electron chi connectivity index (χ3n) is 4.27. The van der Waals surface area contributed by atoms with E-state index in [-0.39, 0.29) is 18.4 Å². The quantitative estimate of drug-likeness (QED) is 0.692. The molecule has 5 heteroatoms. The molecular formula is C21H28N2O3. The predicted molar refractivity (Wildman–Crippen MR) is 102 cm³/mol. The third kappa shape index (κ3) is 6.06. The number of rotatable bonds is 9. The van der Waals surface area contributed by atoms with Gasteiger partial charge in [-0.15, -0.1) is 0 Å². The Kier molecular flexibility index (Phi) is 7.45. The normalized spacial score (nSPS) is 10.6. The van der Waals surface area contributed by atoms with Crippen molar-refractivity contribution in [3.05, 3.63) is 59.5 Å². The summed E-state index contributed by atoms with van der Waals surface area (Å²) in [6.07, 6.45) is 1.59. The molecule has 1 aromatic heterocycles. The molecule has 0 aliphatic heterocycles. The van der Waals surface area contributed by atoms with Gasteiger partial charge in [-0.1, -0.05) is 37.3 Å². The Hall–Kier alpha value is -2.56. The molecule has 1 aromatic carbocycles. The van der Waals surface area contributed by atoms with E-state index in [1.54, 1.807) is 9.80 Å². The smallest absolute Gasteiger partial charge is 0.242 e. The summed E-state index contributed by atoms with van der Waals surface area (Å²) in [5, 5.41) is 0. The lowest BCUT2D eigenvalue weighted by molar-refractivity contribution is -0.140. The zero-order valence-corrected chi connectivity index (χ0v) is 15.9. The largest absolute Gasteiger partial charge is 0.464 e. The molecule has 0 N–H and O–H groups in total. The van der Waals surface area contributed by atoms with Gasteiger partial charge in [-0.25, -0.2) is 0 Å². The topological polar surface area (TPSA) is 53.8 Å². The van der Waals surface area contributed by atoms with Gasteiger partial charge in [0.25, 0.3) is 0 Å². The van der Waals surface area contributed by atoms with Gasteiger partial charge in [-0.3, -0.25) is 9.59 Å². The van der Waals surface area contributed by atoms with Crippen LogP contribution in [0.5, 0.6) is 0 Å². The first-order chi connectivity index (χ1) is 12.5. The van der Waals surface area contributed by atoms with Gasteiger partial charge in [0.2, 0.25) is 11.8 Å². The summed E-state index contributed by atoms with van der Waals surface area (Å²) in [6, 6.07) is 13.9. The van der Waals surface area contributed by atoms with Crippen molar-refractivity contribution in [2.45, 2.75) is 40.2 Å². The maximum atomic E-state index is 12.9. The van der Waals surface area contributed by atoms with Crippen LogP contribution < -0.4 is 0 Å². The average Bonchev–Trinajstić information content (AvgIpc) is 3.03. The Morgan fingerprint density at radius 1 is 1.00 bits per heavy atom. The lowest BCUT2D eigenvalue weighted by Gasteiger charge is -2.26. The van der Waals surface area contributed by atoms with Crippen LogP contribution in [0.2, 0.25) is 0 Å². The summed E-state index contributed by atoms with van der Waals surface area (Å²) in [6.45, 7) is 7.09. The first-order valence-corrected chi connectivity index (χ1v) is 9.12. The molecule has 1 heterocycles. The van der Waals surface area contributed by atoms with Gasteiger partial charge < -0.3 is 14.2 Å². The lowest BCUT2D eigenvalue weighted by Crippen LogP contribution is -2.42. The van der Waals surface area contributed by atoms with Gasteiger partial charge in [0, 0.05) is 20.0 Å². The minimum atomic E-state index is -0.0722. The maximum absolute atomic E-state index is 12.9. The van der Waals surface area contributed by atoms with Gasteiger partial charge in [0.1, 0.15) is 11.5 Å². The molecule has 0 fully saturated rings. The molecule has 0 aliphatic carbocycles. The maximum Gasteiger partial charge on any atom is 0.242 e. The highest BCUT2D eigenvalue weighted by atomic mass is 16.3. The molecule has 5 nitrogen and oxygen atoms in total. The van der Waals surface area contributed by atoms with Crippen molar-refractivity contribution in [2.75, 3.05) is 19.6 Å². The van der Waals surface area contributed by atoms with Crippen molar-refractivity contribution in [1.29, 1.82) is 0 Å². The second kappa shape index (κ2) is 9.80. The van der Waals surface area contributed by atoms with Crippen LogP contribution >= 0.6 is 0 Å². The molecule has 0 unspecified atom stereocenters. The number of furan rings is 1. The summed E-state index contributed by atoms with van der Waals surface area (Å²) >= 11 is 0. The fraction of sp³-hybridized carbons (Fsp3) is 0.429. The van der Waals surface area contributed by atoms with Crippen LogP contribution in [0.25, 0.3) is 0 Å². The fourth-order valence-electron chi connectivity index (χ4n) is 2.84. The summed E-state index contributed by atoms with van der Waals surface area (Å²) in [7, 11) is 0. The molecule has 0 bridgehead atoms. The summed E-state index contributed by atoms with van der Waals surface area (Å²) in [5.41, 5.74) is 1.18. The molecule has 0 saturated carbocycles. The third-order valence-corrected chi connectivity index (χ3v) is 4.27. The fourth-order valence-corrected chi connectivity index (χ4v) is 2.84. The first-order valence-electron chi connectivity index (χ1n) is 9.12. The molecular weight excluding hydrogens is 328 g/mol. The van der Waals surface area contributed by atoms with E-state index in [1.165, 1.54) is 12.5 Å². The molecule has 2 amide bonds. The number of carbonyl (C=O) groups is 2. The molecule has 140 valence electrons. The molecule has 26 heavy (non-hydrogen) atoms. The van der Waals surface area contributed by atoms with Crippen LogP contribution in [0.4, 0.5) is 0 Å². The minimum Gasteiger partial charge on any atom is -0.464 e. The zero-order chi connectivity index (χ0) is 18.9. The van der Waals surface area contributed by atoms with Crippen molar-refractivity contribution in [2.24, 2.45) is 0 Å². The average molecular weight is 356 g/mol. The molecule has 0 spiro atoms. The number of carbonyl (C=O) groups excluding carboxylic acids is 2. The van der Waals surface area contributed by atoms with Crippen molar-refractivity contribution >= 4 is 11.8 Å². The lowest BCUT2D eigenvalue weighted by atomic mass is 10.1. The van der Waals surface area contributed by atoms with Crippen molar-refractivity contribution in [3.8, 4) is 0 Å². The second-order valence-corrected chi connectivity index (χ2v) is 6.50. The Balaban J connectivity index is 2.07. The molecule has 2 rings (SSSR count). The van der Waals surface area contributed by atoms with Crippen molar-refractivity contribution in [3.63, 3.8) is 0 Å². The van der Waals surface area contributed by atoms with Crippen LogP contribution in [0.3, 0.4) is 0 Å². The summed E-state index contributed by atoms with van der Waals surface area (Å²) in [5.74, 6) is 1.45. The molecule has 0 saturated heterocycles. The van der Waals surface area contributed by atoms with Gasteiger partial charge in [-0.05, 0) is 37.5 Å². The van der Waals surface area contributed by atoms with Crippen LogP contribution in [-0.4, -0.2) is 41.2 Å². The number of amides is 2. The second-order valence-electron chi connectivity index (χ2n) is 6.50. The number of hydrogen-bond acceptors (Lipinski definition) is 3. The van der Waals surface area contributed by atoms with E-state index >= 15 is 0 Å². The molecule has 0 aliphatic rings. The number of aryl methyl sites for hydroxylation is 1. The number of benzene rings is 1. The Morgan fingerprint density at radius 3 is 2.31 bits per heavy atom. The van der Waals surface area contributed by atoms with E-state index in [1.807, 2.05) is 44.2 Å². The Morgan fingerprint density at radius 2 is 1.73 bits per heavy atom. The van der Waals surface area contributed by atoms with Gasteiger partial charge in [-0.2, -0.15) is 0 Å². The number of hydrogen-bond donors (Lipinski definition) is 0. The highest BCUT2D eigenvalue weighted by Crippen LogP contribution is 2.12.